The van der Waals surface area contributed by atoms with E-state index in [2.05, 4.69) is 0 Å². The van der Waals surface area contributed by atoms with Crippen LogP contribution in [0.5, 0.6) is 0 Å². The van der Waals surface area contributed by atoms with E-state index in [4.69, 9.17) is 0 Å². The van der Waals surface area contributed by atoms with Gasteiger partial charge in [-0.1, -0.05) is 36.8 Å². The Kier molecular flexibility index (Phi) is 4.02. The van der Waals surface area contributed by atoms with Crippen LogP contribution in [-0.4, -0.2) is 29.1 Å². The zero-order valence-electron chi connectivity index (χ0n) is 10.9. The number of hydrogen-bond acceptors (Lipinski definition) is 2. The highest BCUT2D eigenvalue weighted by Crippen LogP contribution is 2.42. The fourth-order valence-electron chi connectivity index (χ4n) is 2.51. The van der Waals surface area contributed by atoms with Gasteiger partial charge in [0, 0.05) is 13.1 Å². The smallest absolute Gasteiger partial charge is 0.231 e. The number of benzene rings is 1. The first-order valence-corrected chi connectivity index (χ1v) is 6.66. The lowest BCUT2D eigenvalue weighted by atomic mass is 9.68. The SMILES string of the molecule is CCN(Cc1ccccc1)C(=O)C1(CO)CCC1. The lowest BCUT2D eigenvalue weighted by Gasteiger charge is -2.42. The van der Waals surface area contributed by atoms with Gasteiger partial charge in [-0.2, -0.15) is 0 Å². The molecule has 3 nitrogen and oxygen atoms in total. The molecule has 0 atom stereocenters. The van der Waals surface area contributed by atoms with Crippen molar-refractivity contribution in [1.29, 1.82) is 0 Å². The summed E-state index contributed by atoms with van der Waals surface area (Å²) in [6.07, 6.45) is 2.70. The van der Waals surface area contributed by atoms with E-state index in [1.165, 1.54) is 0 Å². The lowest BCUT2D eigenvalue weighted by molar-refractivity contribution is -0.151. The molecule has 18 heavy (non-hydrogen) atoms. The average molecular weight is 247 g/mol. The van der Waals surface area contributed by atoms with Gasteiger partial charge in [-0.25, -0.2) is 0 Å². The van der Waals surface area contributed by atoms with Crippen LogP contribution >= 0.6 is 0 Å². The molecule has 1 aromatic rings. The predicted octanol–water partition coefficient (Wildman–Crippen LogP) is 2.20. The average Bonchev–Trinajstić information content (AvgIpc) is 2.36. The van der Waals surface area contributed by atoms with Crippen LogP contribution in [0.3, 0.4) is 0 Å². The van der Waals surface area contributed by atoms with Gasteiger partial charge in [-0.05, 0) is 25.3 Å². The van der Waals surface area contributed by atoms with E-state index >= 15 is 0 Å². The fourth-order valence-corrected chi connectivity index (χ4v) is 2.51. The highest BCUT2D eigenvalue weighted by Gasteiger charge is 2.45. The molecule has 0 unspecified atom stereocenters. The molecule has 0 saturated heterocycles. The molecule has 0 aliphatic heterocycles. The largest absolute Gasteiger partial charge is 0.395 e. The summed E-state index contributed by atoms with van der Waals surface area (Å²) in [5.74, 6) is 0.114. The van der Waals surface area contributed by atoms with Crippen molar-refractivity contribution in [2.75, 3.05) is 13.2 Å². The highest BCUT2D eigenvalue weighted by atomic mass is 16.3. The van der Waals surface area contributed by atoms with Crippen molar-refractivity contribution in [1.82, 2.24) is 4.90 Å². The summed E-state index contributed by atoms with van der Waals surface area (Å²) < 4.78 is 0. The van der Waals surface area contributed by atoms with E-state index in [1.807, 2.05) is 42.2 Å². The molecular formula is C15H21NO2. The van der Waals surface area contributed by atoms with Gasteiger partial charge in [0.05, 0.1) is 12.0 Å². The molecule has 1 fully saturated rings. The first-order chi connectivity index (χ1) is 8.72. The first-order valence-electron chi connectivity index (χ1n) is 6.66. The maximum atomic E-state index is 12.5. The molecule has 98 valence electrons. The molecule has 0 heterocycles. The maximum absolute atomic E-state index is 12.5. The van der Waals surface area contributed by atoms with E-state index in [0.717, 1.165) is 24.8 Å². The standard InChI is InChI=1S/C15H21NO2/c1-2-16(11-13-7-4-3-5-8-13)14(18)15(12-17)9-6-10-15/h3-5,7-8,17H,2,6,9-12H2,1H3. The minimum Gasteiger partial charge on any atom is -0.395 e. The summed E-state index contributed by atoms with van der Waals surface area (Å²) in [5.41, 5.74) is 0.658. The Balaban J connectivity index is 2.07. The molecule has 1 aromatic carbocycles. The van der Waals surface area contributed by atoms with Crippen LogP contribution in [-0.2, 0) is 11.3 Å². The van der Waals surface area contributed by atoms with E-state index in [9.17, 15) is 9.90 Å². The van der Waals surface area contributed by atoms with Gasteiger partial charge in [0.15, 0.2) is 0 Å². The van der Waals surface area contributed by atoms with Gasteiger partial charge in [-0.3, -0.25) is 4.79 Å². The molecular weight excluding hydrogens is 226 g/mol. The summed E-state index contributed by atoms with van der Waals surface area (Å²) in [6, 6.07) is 10.0. The van der Waals surface area contributed by atoms with Crippen molar-refractivity contribution in [2.24, 2.45) is 5.41 Å². The highest BCUT2D eigenvalue weighted by molar-refractivity contribution is 5.83. The van der Waals surface area contributed by atoms with Gasteiger partial charge >= 0.3 is 0 Å². The number of carbonyl (C=O) groups is 1. The molecule has 2 rings (SSSR count). The zero-order chi connectivity index (χ0) is 13.0. The third-order valence-corrected chi connectivity index (χ3v) is 3.95. The Morgan fingerprint density at radius 2 is 2.00 bits per heavy atom. The molecule has 1 aliphatic carbocycles. The number of carbonyl (C=O) groups excluding carboxylic acids is 1. The van der Waals surface area contributed by atoms with Crippen LogP contribution in [0, 0.1) is 5.41 Å². The van der Waals surface area contributed by atoms with Gasteiger partial charge < -0.3 is 10.0 Å². The van der Waals surface area contributed by atoms with Crippen molar-refractivity contribution in [3.63, 3.8) is 0 Å². The van der Waals surface area contributed by atoms with E-state index in [1.54, 1.807) is 0 Å². The summed E-state index contributed by atoms with van der Waals surface area (Å²) in [5, 5.41) is 9.47. The summed E-state index contributed by atoms with van der Waals surface area (Å²) in [4.78, 5) is 14.3. The Hall–Kier alpha value is -1.35. The van der Waals surface area contributed by atoms with E-state index < -0.39 is 5.41 Å². The third kappa shape index (κ3) is 2.41. The second-order valence-electron chi connectivity index (χ2n) is 5.10. The van der Waals surface area contributed by atoms with Crippen molar-refractivity contribution in [3.8, 4) is 0 Å². The van der Waals surface area contributed by atoms with Crippen molar-refractivity contribution < 1.29 is 9.90 Å². The molecule has 1 N–H and O–H groups in total. The minimum absolute atomic E-state index is 0.0167. The second-order valence-corrected chi connectivity index (χ2v) is 5.10. The van der Waals surface area contributed by atoms with Crippen LogP contribution in [0.2, 0.25) is 0 Å². The monoisotopic (exact) mass is 247 g/mol. The third-order valence-electron chi connectivity index (χ3n) is 3.95. The molecule has 0 aromatic heterocycles. The second kappa shape index (κ2) is 5.53. The number of aliphatic hydroxyl groups excluding tert-OH is 1. The number of hydrogen-bond donors (Lipinski definition) is 1. The fraction of sp³-hybridized carbons (Fsp3) is 0.533. The van der Waals surface area contributed by atoms with Crippen LogP contribution in [0.1, 0.15) is 31.7 Å². The number of nitrogens with zero attached hydrogens (tertiary/aromatic N) is 1. The predicted molar refractivity (Wildman–Crippen MR) is 70.9 cm³/mol. The molecule has 1 aliphatic rings. The summed E-state index contributed by atoms with van der Waals surface area (Å²) in [7, 11) is 0. The molecule has 0 radical (unpaired) electrons. The number of rotatable bonds is 5. The molecule has 1 amide bonds. The Morgan fingerprint density at radius 1 is 1.33 bits per heavy atom. The van der Waals surface area contributed by atoms with Crippen LogP contribution < -0.4 is 0 Å². The molecule has 1 saturated carbocycles. The molecule has 0 bridgehead atoms. The van der Waals surface area contributed by atoms with Crippen LogP contribution in [0.15, 0.2) is 30.3 Å². The van der Waals surface area contributed by atoms with Gasteiger partial charge in [0.25, 0.3) is 0 Å². The van der Waals surface area contributed by atoms with Gasteiger partial charge in [-0.15, -0.1) is 0 Å². The normalized spacial score (nSPS) is 17.0. The lowest BCUT2D eigenvalue weighted by Crippen LogP contribution is -2.49. The number of amides is 1. The van der Waals surface area contributed by atoms with Crippen molar-refractivity contribution in [2.45, 2.75) is 32.7 Å². The quantitative estimate of drug-likeness (QED) is 0.866. The van der Waals surface area contributed by atoms with Crippen molar-refractivity contribution in [3.05, 3.63) is 35.9 Å². The first kappa shape index (κ1) is 13.1. The van der Waals surface area contributed by atoms with Crippen LogP contribution in [0.25, 0.3) is 0 Å². The van der Waals surface area contributed by atoms with E-state index in [0.29, 0.717) is 13.1 Å². The Morgan fingerprint density at radius 3 is 2.44 bits per heavy atom. The zero-order valence-corrected chi connectivity index (χ0v) is 10.9. The number of aliphatic hydroxyl groups is 1. The van der Waals surface area contributed by atoms with E-state index in [-0.39, 0.29) is 12.5 Å². The summed E-state index contributed by atoms with van der Waals surface area (Å²) in [6.45, 7) is 3.30. The maximum Gasteiger partial charge on any atom is 0.231 e. The summed E-state index contributed by atoms with van der Waals surface area (Å²) >= 11 is 0. The van der Waals surface area contributed by atoms with Gasteiger partial charge in [0.2, 0.25) is 5.91 Å². The Labute approximate surface area is 108 Å². The molecule has 3 heteroatoms. The minimum atomic E-state index is -0.481. The molecule has 0 spiro atoms. The van der Waals surface area contributed by atoms with Crippen molar-refractivity contribution >= 4 is 5.91 Å². The topological polar surface area (TPSA) is 40.5 Å². The van der Waals surface area contributed by atoms with Gasteiger partial charge in [0.1, 0.15) is 0 Å². The Bertz CT molecular complexity index is 393. The van der Waals surface area contributed by atoms with Crippen LogP contribution in [0.4, 0.5) is 0 Å².